The van der Waals surface area contributed by atoms with Crippen LogP contribution in [-0.4, -0.2) is 61.4 Å². The number of unbranched alkanes of at least 4 members (excludes halogenated alkanes) is 1. The predicted octanol–water partition coefficient (Wildman–Crippen LogP) is 5.53. The lowest BCUT2D eigenvalue weighted by atomic mass is 10.1. The topological polar surface area (TPSA) is 98.8 Å². The van der Waals surface area contributed by atoms with Crippen LogP contribution in [0.25, 0.3) is 0 Å². The molecule has 0 aliphatic rings. The van der Waals surface area contributed by atoms with Crippen LogP contribution in [0.4, 0.5) is 5.69 Å². The van der Waals surface area contributed by atoms with Crippen molar-refractivity contribution in [1.82, 2.24) is 14.3 Å². The van der Waals surface area contributed by atoms with E-state index in [1.807, 2.05) is 79.9 Å². The van der Waals surface area contributed by atoms with Crippen molar-refractivity contribution in [3.63, 3.8) is 0 Å². The van der Waals surface area contributed by atoms with Crippen LogP contribution in [0, 0.1) is 41.5 Å². The summed E-state index contributed by atoms with van der Waals surface area (Å²) < 4.78 is 58.3. The molecule has 0 amide bonds. The highest BCUT2D eigenvalue weighted by Gasteiger charge is 2.27. The highest BCUT2D eigenvalue weighted by Crippen LogP contribution is 2.26. The minimum Gasteiger partial charge on any atom is -0.378 e. The predicted molar refractivity (Wildman–Crippen MR) is 182 cm³/mol. The third-order valence-electron chi connectivity index (χ3n) is 7.75. The van der Waals surface area contributed by atoms with E-state index in [0.717, 1.165) is 39.1 Å². The van der Waals surface area contributed by atoms with E-state index < -0.39 is 20.0 Å². The molecule has 0 saturated carbocycles. The third-order valence-corrected chi connectivity index (χ3v) is 11.7. The Kier molecular flexibility index (Phi) is 12.6. The van der Waals surface area contributed by atoms with E-state index in [0.29, 0.717) is 55.2 Å². The molecule has 3 aromatic rings. The summed E-state index contributed by atoms with van der Waals surface area (Å²) in [6.45, 7) is 13.5. The van der Waals surface area contributed by atoms with E-state index in [1.54, 1.807) is 4.31 Å². The molecule has 0 fully saturated rings. The van der Waals surface area contributed by atoms with Crippen LogP contribution in [0.5, 0.6) is 0 Å². The molecule has 0 aliphatic carbocycles. The van der Waals surface area contributed by atoms with E-state index in [1.165, 1.54) is 5.56 Å². The highest BCUT2D eigenvalue weighted by atomic mass is 32.2. The second-order valence-corrected chi connectivity index (χ2v) is 15.6. The maximum atomic E-state index is 14.0. The molecule has 0 saturated heterocycles. The Bertz CT molecular complexity index is 1590. The molecule has 0 unspecified atom stereocenters. The van der Waals surface area contributed by atoms with Gasteiger partial charge in [0.1, 0.15) is 0 Å². The first-order chi connectivity index (χ1) is 20.6. The van der Waals surface area contributed by atoms with Crippen LogP contribution in [0.2, 0.25) is 0 Å². The minimum atomic E-state index is -3.74. The summed E-state index contributed by atoms with van der Waals surface area (Å²) in [6.07, 6.45) is 1.70. The molecule has 0 aliphatic heterocycles. The number of aryl methyl sites for hydroxylation is 6. The molecule has 8 nitrogen and oxygen atoms in total. The number of hydrogen-bond donors (Lipinski definition) is 2. The Hall–Kier alpha value is -2.76. The number of nitrogens with zero attached hydrogens (tertiary/aromatic N) is 2. The fourth-order valence-corrected chi connectivity index (χ4v) is 9.31. The number of rotatable bonds is 16. The maximum absolute atomic E-state index is 14.0. The van der Waals surface area contributed by atoms with Crippen molar-refractivity contribution in [2.75, 3.05) is 45.2 Å². The molecule has 0 radical (unpaired) electrons. The lowest BCUT2D eigenvalue weighted by Gasteiger charge is -2.25. The molecule has 3 rings (SSSR count). The van der Waals surface area contributed by atoms with Gasteiger partial charge >= 0.3 is 0 Å². The summed E-state index contributed by atoms with van der Waals surface area (Å²) in [7, 11) is -3.39. The van der Waals surface area contributed by atoms with Crippen molar-refractivity contribution in [2.24, 2.45) is 0 Å². The zero-order valence-electron chi connectivity index (χ0n) is 27.6. The molecular formula is C34H50N4O4S2. The summed E-state index contributed by atoms with van der Waals surface area (Å²) in [4.78, 5) is 2.74. The molecule has 3 aromatic carbocycles. The molecule has 0 heterocycles. The van der Waals surface area contributed by atoms with Crippen LogP contribution in [0.3, 0.4) is 0 Å². The van der Waals surface area contributed by atoms with Crippen molar-refractivity contribution in [1.29, 1.82) is 0 Å². The Morgan fingerprint density at radius 1 is 0.636 bits per heavy atom. The zero-order valence-corrected chi connectivity index (χ0v) is 29.3. The summed E-state index contributed by atoms with van der Waals surface area (Å²) in [5, 5.41) is 3.44. The standard InChI is InChI=1S/C34H50N4O4S2/c1-25-20-27(3)33(28(4)21-25)43(39,40)36-17-9-10-18-38(44(41,42)34-29(5)22-26(2)23-30(34)6)19-11-16-35-24-31-12-14-32(15-13-31)37(7)8/h12-15,20-23,35-36H,9-11,16-19,24H2,1-8H3. The van der Waals surface area contributed by atoms with Gasteiger partial charge in [-0.1, -0.05) is 47.5 Å². The first kappa shape index (κ1) is 35.7. The van der Waals surface area contributed by atoms with Crippen LogP contribution < -0.4 is 14.9 Å². The van der Waals surface area contributed by atoms with Gasteiger partial charge in [0.25, 0.3) is 0 Å². The number of benzene rings is 3. The summed E-state index contributed by atoms with van der Waals surface area (Å²) in [5.41, 5.74) is 7.28. The molecule has 0 aromatic heterocycles. The largest absolute Gasteiger partial charge is 0.378 e. The first-order valence-electron chi connectivity index (χ1n) is 15.3. The highest BCUT2D eigenvalue weighted by molar-refractivity contribution is 7.89. The lowest BCUT2D eigenvalue weighted by molar-refractivity contribution is 0.389. The monoisotopic (exact) mass is 642 g/mol. The molecular weight excluding hydrogens is 593 g/mol. The van der Waals surface area contributed by atoms with E-state index in [2.05, 4.69) is 39.2 Å². The van der Waals surface area contributed by atoms with Gasteiger partial charge in [0.15, 0.2) is 0 Å². The average molecular weight is 643 g/mol. The molecule has 0 atom stereocenters. The Morgan fingerprint density at radius 3 is 1.66 bits per heavy atom. The lowest BCUT2D eigenvalue weighted by Crippen LogP contribution is -2.35. The fraction of sp³-hybridized carbons (Fsp3) is 0.471. The van der Waals surface area contributed by atoms with Gasteiger partial charge in [0.2, 0.25) is 20.0 Å². The Labute approximate surface area is 266 Å². The zero-order chi connectivity index (χ0) is 32.7. The molecule has 44 heavy (non-hydrogen) atoms. The van der Waals surface area contributed by atoms with Gasteiger partial charge in [0.05, 0.1) is 9.79 Å². The normalized spacial score (nSPS) is 12.2. The van der Waals surface area contributed by atoms with Crippen molar-refractivity contribution in [2.45, 2.75) is 77.1 Å². The molecule has 242 valence electrons. The van der Waals surface area contributed by atoms with Crippen LogP contribution >= 0.6 is 0 Å². The van der Waals surface area contributed by atoms with Crippen molar-refractivity contribution in [3.8, 4) is 0 Å². The second kappa shape index (κ2) is 15.5. The van der Waals surface area contributed by atoms with Gasteiger partial charge < -0.3 is 10.2 Å². The van der Waals surface area contributed by atoms with Crippen molar-refractivity contribution < 1.29 is 16.8 Å². The maximum Gasteiger partial charge on any atom is 0.243 e. The minimum absolute atomic E-state index is 0.236. The van der Waals surface area contributed by atoms with Crippen LogP contribution in [0.15, 0.2) is 58.3 Å². The van der Waals surface area contributed by atoms with Crippen LogP contribution in [-0.2, 0) is 26.6 Å². The van der Waals surface area contributed by atoms with Gasteiger partial charge in [-0.2, -0.15) is 4.31 Å². The van der Waals surface area contributed by atoms with Crippen LogP contribution in [0.1, 0.15) is 58.2 Å². The first-order valence-corrected chi connectivity index (χ1v) is 18.2. The SMILES string of the molecule is Cc1cc(C)c(S(=O)(=O)NCCCCN(CCCNCc2ccc(N(C)C)cc2)S(=O)(=O)c2c(C)cc(C)cc2C)c(C)c1. The van der Waals surface area contributed by atoms with Gasteiger partial charge in [0, 0.05) is 46.0 Å². The number of sulfonamides is 2. The quantitative estimate of drug-likeness (QED) is 0.199. The molecule has 0 spiro atoms. The smallest absolute Gasteiger partial charge is 0.243 e. The van der Waals surface area contributed by atoms with E-state index >= 15 is 0 Å². The Balaban J connectivity index is 1.64. The average Bonchev–Trinajstić information content (AvgIpc) is 2.90. The number of nitrogens with one attached hydrogen (secondary N) is 2. The van der Waals surface area contributed by atoms with Crippen molar-refractivity contribution in [3.05, 3.63) is 87.5 Å². The number of hydrogen-bond acceptors (Lipinski definition) is 6. The summed E-state index contributed by atoms with van der Waals surface area (Å²) in [5.74, 6) is 0. The van der Waals surface area contributed by atoms with E-state index in [-0.39, 0.29) is 6.54 Å². The van der Waals surface area contributed by atoms with Gasteiger partial charge in [-0.15, -0.1) is 0 Å². The summed E-state index contributed by atoms with van der Waals surface area (Å²) in [6, 6.07) is 15.9. The second-order valence-electron chi connectivity index (χ2n) is 12.1. The molecule has 0 bridgehead atoms. The summed E-state index contributed by atoms with van der Waals surface area (Å²) >= 11 is 0. The van der Waals surface area contributed by atoms with E-state index in [9.17, 15) is 16.8 Å². The van der Waals surface area contributed by atoms with Gasteiger partial charge in [-0.05, 0) is 107 Å². The number of anilines is 1. The fourth-order valence-electron chi connectivity index (χ4n) is 5.86. The third kappa shape index (κ3) is 9.37. The van der Waals surface area contributed by atoms with E-state index in [4.69, 9.17) is 0 Å². The molecule has 10 heteroatoms. The molecule has 2 N–H and O–H groups in total. The van der Waals surface area contributed by atoms with Crippen molar-refractivity contribution >= 4 is 25.7 Å². The van der Waals surface area contributed by atoms with Gasteiger partial charge in [-0.3, -0.25) is 0 Å². The Morgan fingerprint density at radius 2 is 1.14 bits per heavy atom. The van der Waals surface area contributed by atoms with Gasteiger partial charge in [-0.25, -0.2) is 21.6 Å².